The standard InChI is InChI=1S/C31H5F12N7/c32-28(33,34)23-3-1-14(21(11-49)26(23)30(38,39)40)17(7-45)16-5-13(6-44)25(20(10-48)18(16)8-46)19(9-47)15-2-4-24(29(35,36)37)27(22(15)12-50)31(41,42)43/h1-5H/b17-16+,25-19-. The van der Waals surface area contributed by atoms with Crippen LogP contribution in [0.4, 0.5) is 52.7 Å². The third-order valence-electron chi connectivity index (χ3n) is 6.77. The number of alkyl halides is 12. The van der Waals surface area contributed by atoms with Gasteiger partial charge in [-0.05, 0) is 18.2 Å². The summed E-state index contributed by atoms with van der Waals surface area (Å²) in [6.07, 6.45) is -23.1. The van der Waals surface area contributed by atoms with Crippen molar-refractivity contribution in [2.45, 2.75) is 24.7 Å². The van der Waals surface area contributed by atoms with Crippen LogP contribution in [-0.4, -0.2) is 0 Å². The molecule has 0 fully saturated rings. The van der Waals surface area contributed by atoms with Crippen molar-refractivity contribution in [3.63, 3.8) is 0 Å². The van der Waals surface area contributed by atoms with Crippen LogP contribution in [0.25, 0.3) is 11.1 Å². The van der Waals surface area contributed by atoms with Gasteiger partial charge in [0.2, 0.25) is 0 Å². The van der Waals surface area contributed by atoms with Crippen LogP contribution in [0.2, 0.25) is 0 Å². The van der Waals surface area contributed by atoms with Crippen molar-refractivity contribution in [2.75, 3.05) is 0 Å². The van der Waals surface area contributed by atoms with Gasteiger partial charge in [0.1, 0.15) is 36.4 Å². The molecule has 0 aliphatic heterocycles. The Morgan fingerprint density at radius 1 is 0.440 bits per heavy atom. The van der Waals surface area contributed by atoms with Gasteiger partial charge in [0, 0.05) is 21.6 Å². The number of hydrogen-bond acceptors (Lipinski definition) is 7. The molecule has 7 nitrogen and oxygen atoms in total. The summed E-state index contributed by atoms with van der Waals surface area (Å²) in [4.78, 5) is 0. The first-order valence-corrected chi connectivity index (χ1v) is 12.5. The second kappa shape index (κ2) is 12.9. The number of benzene rings is 3. The molecule has 0 amide bonds. The molecule has 0 saturated heterocycles. The van der Waals surface area contributed by atoms with Crippen LogP contribution >= 0.6 is 0 Å². The maximum Gasteiger partial charge on any atom is 0.418 e. The zero-order valence-electron chi connectivity index (χ0n) is 23.6. The average molecular weight is 703 g/mol. The minimum atomic E-state index is -5.88. The molecule has 0 spiro atoms. The highest BCUT2D eigenvalue weighted by atomic mass is 19.4. The molecule has 0 heterocycles. The van der Waals surface area contributed by atoms with Gasteiger partial charge in [-0.1, -0.05) is 12.1 Å². The average Bonchev–Trinajstić information content (AvgIpc) is 3.02. The van der Waals surface area contributed by atoms with Crippen molar-refractivity contribution >= 4 is 11.1 Å². The lowest BCUT2D eigenvalue weighted by Crippen LogP contribution is -2.27. The topological polar surface area (TPSA) is 167 Å². The maximum absolute atomic E-state index is 13.9. The first kappa shape index (κ1) is 37.4. The van der Waals surface area contributed by atoms with Gasteiger partial charge < -0.3 is 0 Å². The van der Waals surface area contributed by atoms with Crippen LogP contribution in [0.5, 0.6) is 0 Å². The summed E-state index contributed by atoms with van der Waals surface area (Å²) in [6.45, 7) is 0. The van der Waals surface area contributed by atoms with Gasteiger partial charge in [-0.3, -0.25) is 0 Å². The maximum atomic E-state index is 13.9. The molecule has 0 aromatic heterocycles. The van der Waals surface area contributed by atoms with E-state index in [1.54, 1.807) is 0 Å². The highest BCUT2D eigenvalue weighted by Gasteiger charge is 2.47. The smallest absolute Gasteiger partial charge is 0.192 e. The lowest BCUT2D eigenvalue weighted by molar-refractivity contribution is -0.162. The molecular formula is C31H5F12N7. The molecular weight excluding hydrogens is 698 g/mol. The Morgan fingerprint density at radius 2 is 0.820 bits per heavy atom. The molecule has 0 aliphatic rings. The summed E-state index contributed by atoms with van der Waals surface area (Å²) in [5.41, 5.74) is -21.5. The van der Waals surface area contributed by atoms with E-state index in [1.165, 1.54) is 30.3 Å². The van der Waals surface area contributed by atoms with E-state index in [2.05, 4.69) is 0 Å². The Morgan fingerprint density at radius 3 is 1.12 bits per heavy atom. The quantitative estimate of drug-likeness (QED) is 0.272. The van der Waals surface area contributed by atoms with Crippen LogP contribution in [0, 0.1) is 79.3 Å². The minimum absolute atomic E-state index is 0.138. The molecule has 3 rings (SSSR count). The van der Waals surface area contributed by atoms with Gasteiger partial charge in [-0.15, -0.1) is 0 Å². The predicted octanol–water partition coefficient (Wildman–Crippen LogP) is 6.57. The summed E-state index contributed by atoms with van der Waals surface area (Å²) in [6, 6.07) is 8.99. The highest BCUT2D eigenvalue weighted by Crippen LogP contribution is 2.45. The predicted molar refractivity (Wildman–Crippen MR) is 138 cm³/mol. The minimum Gasteiger partial charge on any atom is -0.192 e. The van der Waals surface area contributed by atoms with Gasteiger partial charge in [-0.25, -0.2) is 0 Å². The zero-order chi connectivity index (χ0) is 38.1. The van der Waals surface area contributed by atoms with Crippen LogP contribution < -0.4 is 10.4 Å². The van der Waals surface area contributed by atoms with Crippen molar-refractivity contribution in [2.24, 2.45) is 0 Å². The first-order valence-electron chi connectivity index (χ1n) is 12.5. The third-order valence-corrected chi connectivity index (χ3v) is 6.77. The van der Waals surface area contributed by atoms with Gasteiger partial charge in [-0.2, -0.15) is 89.5 Å². The Hall–Kier alpha value is -7.01. The van der Waals surface area contributed by atoms with Crippen molar-refractivity contribution < 1.29 is 52.7 Å². The molecule has 0 bridgehead atoms. The van der Waals surface area contributed by atoms with Gasteiger partial charge in [0.15, 0.2) is 0 Å². The monoisotopic (exact) mass is 703 g/mol. The van der Waals surface area contributed by atoms with Gasteiger partial charge >= 0.3 is 24.7 Å². The first-order chi connectivity index (χ1) is 23.1. The van der Waals surface area contributed by atoms with Crippen LogP contribution in [0.15, 0.2) is 30.3 Å². The van der Waals surface area contributed by atoms with E-state index in [9.17, 15) is 89.5 Å². The second-order valence-corrected chi connectivity index (χ2v) is 9.44. The lowest BCUT2D eigenvalue weighted by atomic mass is 9.86. The van der Waals surface area contributed by atoms with Crippen LogP contribution in [-0.2, 0) is 24.7 Å². The molecule has 19 heteroatoms. The van der Waals surface area contributed by atoms with E-state index in [0.29, 0.717) is 6.07 Å². The molecule has 0 atom stereocenters. The van der Waals surface area contributed by atoms with Gasteiger partial charge in [0.25, 0.3) is 0 Å². The number of hydrogen-bond donors (Lipinski definition) is 0. The second-order valence-electron chi connectivity index (χ2n) is 9.44. The fourth-order valence-corrected chi connectivity index (χ4v) is 4.89. The number of rotatable bonds is 2. The molecule has 50 heavy (non-hydrogen) atoms. The van der Waals surface area contributed by atoms with Crippen molar-refractivity contribution in [1.29, 1.82) is 36.8 Å². The fourth-order valence-electron chi connectivity index (χ4n) is 4.89. The molecule has 0 unspecified atom stereocenters. The largest absolute Gasteiger partial charge is 0.418 e. The van der Waals surface area contributed by atoms with E-state index in [-0.39, 0.29) is 24.3 Å². The van der Waals surface area contributed by atoms with E-state index in [1.807, 2.05) is 0 Å². The SMILES string of the molecule is N#C/C(c1ccc(C(F)(F)F)c(C(F)(F)F)c1C#N)=c1/cc(C#N)/c(=C(\C#N)c2ccc(C(F)(F)F)c(C(F)(F)F)c2C#N)c(C#N)c1C#N. The van der Waals surface area contributed by atoms with Crippen molar-refractivity contribution in [1.82, 2.24) is 0 Å². The highest BCUT2D eigenvalue weighted by molar-refractivity contribution is 5.86. The summed E-state index contributed by atoms with van der Waals surface area (Å²) < 4.78 is 164. The Bertz CT molecular complexity index is 2400. The van der Waals surface area contributed by atoms with Crippen molar-refractivity contribution in [3.05, 3.63) is 102 Å². The molecule has 0 saturated carbocycles. The van der Waals surface area contributed by atoms with E-state index in [4.69, 9.17) is 0 Å². The summed E-state index contributed by atoms with van der Waals surface area (Å²) in [7, 11) is 0. The Kier molecular flexibility index (Phi) is 9.65. The summed E-state index contributed by atoms with van der Waals surface area (Å²) >= 11 is 0. The fraction of sp³-hybridized carbons (Fsp3) is 0.129. The molecule has 3 aromatic carbocycles. The molecule has 3 aromatic rings. The van der Waals surface area contributed by atoms with E-state index < -0.39 is 107 Å². The van der Waals surface area contributed by atoms with E-state index >= 15 is 0 Å². The number of nitriles is 7. The van der Waals surface area contributed by atoms with E-state index in [0.717, 1.165) is 12.1 Å². The molecule has 0 N–H and O–H groups in total. The normalized spacial score (nSPS) is 12.9. The zero-order valence-corrected chi connectivity index (χ0v) is 23.6. The third kappa shape index (κ3) is 6.43. The lowest BCUT2D eigenvalue weighted by Gasteiger charge is -2.19. The Balaban J connectivity index is 2.78. The number of nitrogens with zero attached hydrogens (tertiary/aromatic N) is 7. The van der Waals surface area contributed by atoms with Gasteiger partial charge in [0.05, 0.1) is 67.3 Å². The molecule has 248 valence electrons. The summed E-state index contributed by atoms with van der Waals surface area (Å²) in [5, 5.41) is 66.7. The summed E-state index contributed by atoms with van der Waals surface area (Å²) in [5.74, 6) is 0. The number of halogens is 12. The molecule has 0 radical (unpaired) electrons. The Labute approximate surface area is 270 Å². The van der Waals surface area contributed by atoms with Crippen molar-refractivity contribution in [3.8, 4) is 42.5 Å². The van der Waals surface area contributed by atoms with Crippen LogP contribution in [0.3, 0.4) is 0 Å². The van der Waals surface area contributed by atoms with Crippen LogP contribution in [0.1, 0.15) is 61.2 Å². The molecule has 0 aliphatic carbocycles.